The molecule has 1 heterocycles. The summed E-state index contributed by atoms with van der Waals surface area (Å²) in [5.41, 5.74) is -0.722. The second-order valence-corrected chi connectivity index (χ2v) is 5.73. The van der Waals surface area contributed by atoms with Crippen molar-refractivity contribution in [2.24, 2.45) is 10.9 Å². The molecule has 1 aliphatic rings. The van der Waals surface area contributed by atoms with E-state index in [0.29, 0.717) is 38.2 Å². The first-order valence-corrected chi connectivity index (χ1v) is 7.83. The molecular formula is C16H22F4IN3O. The third-order valence-corrected chi connectivity index (χ3v) is 3.84. The standard InChI is InChI=1S/C16H21F4N3O.HI/c1-3-21-16(23(2)8-10-4-5-24-9-10)22-7-11-14(19)12(17)6-13(18)15(11)20;/h6,10H,3-5,7-9H2,1-2H3,(H,21,22);1H. The van der Waals surface area contributed by atoms with Crippen LogP contribution in [0.3, 0.4) is 0 Å². The molecule has 0 aliphatic carbocycles. The van der Waals surface area contributed by atoms with E-state index in [0.717, 1.165) is 6.42 Å². The molecule has 2 rings (SSSR count). The molecule has 1 saturated heterocycles. The van der Waals surface area contributed by atoms with Crippen LogP contribution in [-0.4, -0.2) is 44.2 Å². The van der Waals surface area contributed by atoms with E-state index in [9.17, 15) is 17.6 Å². The van der Waals surface area contributed by atoms with Crippen molar-refractivity contribution < 1.29 is 22.3 Å². The van der Waals surface area contributed by atoms with Crippen LogP contribution >= 0.6 is 24.0 Å². The van der Waals surface area contributed by atoms with Crippen LogP contribution in [0.5, 0.6) is 0 Å². The Morgan fingerprint density at radius 3 is 2.44 bits per heavy atom. The van der Waals surface area contributed by atoms with E-state index in [-0.39, 0.29) is 30.0 Å². The van der Waals surface area contributed by atoms with E-state index in [4.69, 9.17) is 4.74 Å². The lowest BCUT2D eigenvalue weighted by Gasteiger charge is -2.24. The average molecular weight is 475 g/mol. The van der Waals surface area contributed by atoms with Crippen LogP contribution in [0, 0.1) is 29.2 Å². The van der Waals surface area contributed by atoms with Crippen molar-refractivity contribution in [2.75, 3.05) is 33.4 Å². The molecule has 1 aliphatic heterocycles. The number of rotatable bonds is 5. The Labute approximate surface area is 161 Å². The lowest BCUT2D eigenvalue weighted by molar-refractivity contribution is 0.181. The van der Waals surface area contributed by atoms with E-state index in [2.05, 4.69) is 10.3 Å². The third kappa shape index (κ3) is 5.70. The fourth-order valence-corrected chi connectivity index (χ4v) is 2.59. The largest absolute Gasteiger partial charge is 0.381 e. The Balaban J connectivity index is 0.00000312. The number of hydrogen-bond acceptors (Lipinski definition) is 2. The van der Waals surface area contributed by atoms with Gasteiger partial charge >= 0.3 is 0 Å². The molecule has 0 spiro atoms. The maximum absolute atomic E-state index is 13.7. The summed E-state index contributed by atoms with van der Waals surface area (Å²) in [6, 6.07) is 0.190. The molecule has 1 fully saturated rings. The molecule has 0 bridgehead atoms. The van der Waals surface area contributed by atoms with E-state index in [1.165, 1.54) is 0 Å². The predicted octanol–water partition coefficient (Wildman–Crippen LogP) is 3.29. The van der Waals surface area contributed by atoms with Crippen LogP contribution in [-0.2, 0) is 11.3 Å². The van der Waals surface area contributed by atoms with Gasteiger partial charge in [0.25, 0.3) is 0 Å². The second-order valence-electron chi connectivity index (χ2n) is 5.73. The Kier molecular flexibility index (Phi) is 8.91. The summed E-state index contributed by atoms with van der Waals surface area (Å²) in [4.78, 5) is 5.92. The zero-order valence-corrected chi connectivity index (χ0v) is 16.5. The molecule has 142 valence electrons. The van der Waals surface area contributed by atoms with Gasteiger partial charge in [-0.3, -0.25) is 0 Å². The van der Waals surface area contributed by atoms with Crippen LogP contribution < -0.4 is 5.32 Å². The molecule has 1 aromatic carbocycles. The number of ether oxygens (including phenoxy) is 1. The van der Waals surface area contributed by atoms with Crippen molar-refractivity contribution in [3.05, 3.63) is 34.9 Å². The first-order chi connectivity index (χ1) is 11.4. The van der Waals surface area contributed by atoms with Gasteiger partial charge in [-0.15, -0.1) is 24.0 Å². The van der Waals surface area contributed by atoms with E-state index in [1.54, 1.807) is 7.05 Å². The van der Waals surface area contributed by atoms with Gasteiger partial charge in [0.2, 0.25) is 0 Å². The Morgan fingerprint density at radius 1 is 1.28 bits per heavy atom. The number of halogens is 5. The van der Waals surface area contributed by atoms with E-state index in [1.807, 2.05) is 11.8 Å². The smallest absolute Gasteiger partial charge is 0.193 e. The lowest BCUT2D eigenvalue weighted by atomic mass is 10.1. The highest BCUT2D eigenvalue weighted by molar-refractivity contribution is 14.0. The maximum Gasteiger partial charge on any atom is 0.193 e. The molecule has 0 radical (unpaired) electrons. The van der Waals surface area contributed by atoms with Crippen molar-refractivity contribution in [1.29, 1.82) is 0 Å². The summed E-state index contributed by atoms with van der Waals surface area (Å²) in [6.45, 7) is 3.93. The van der Waals surface area contributed by atoms with Gasteiger partial charge < -0.3 is 15.0 Å². The van der Waals surface area contributed by atoms with Crippen molar-refractivity contribution >= 4 is 29.9 Å². The van der Waals surface area contributed by atoms with Gasteiger partial charge in [0.05, 0.1) is 18.7 Å². The summed E-state index contributed by atoms with van der Waals surface area (Å²) in [5.74, 6) is -4.94. The molecule has 4 nitrogen and oxygen atoms in total. The SMILES string of the molecule is CCNC(=NCc1c(F)c(F)cc(F)c1F)N(C)CC1CCOC1.I. The normalized spacial score (nSPS) is 17.4. The van der Waals surface area contributed by atoms with Crippen LogP contribution in [0.1, 0.15) is 18.9 Å². The second kappa shape index (κ2) is 10.1. The average Bonchev–Trinajstić information content (AvgIpc) is 3.04. The van der Waals surface area contributed by atoms with Crippen molar-refractivity contribution in [3.8, 4) is 0 Å². The fourth-order valence-electron chi connectivity index (χ4n) is 2.59. The van der Waals surface area contributed by atoms with Crippen LogP contribution in [0.2, 0.25) is 0 Å². The minimum absolute atomic E-state index is 0. The molecule has 0 amide bonds. The van der Waals surface area contributed by atoms with Crippen LogP contribution in [0.25, 0.3) is 0 Å². The highest BCUT2D eigenvalue weighted by Crippen LogP contribution is 2.20. The fraction of sp³-hybridized carbons (Fsp3) is 0.562. The molecule has 1 atom stereocenters. The predicted molar refractivity (Wildman–Crippen MR) is 98.1 cm³/mol. The highest BCUT2D eigenvalue weighted by atomic mass is 127. The minimum Gasteiger partial charge on any atom is -0.381 e. The van der Waals surface area contributed by atoms with Gasteiger partial charge in [0, 0.05) is 38.7 Å². The molecule has 1 aromatic rings. The van der Waals surface area contributed by atoms with Gasteiger partial charge in [0.1, 0.15) is 0 Å². The summed E-state index contributed by atoms with van der Waals surface area (Å²) in [6.07, 6.45) is 0.933. The first-order valence-electron chi connectivity index (χ1n) is 7.83. The maximum atomic E-state index is 13.7. The van der Waals surface area contributed by atoms with Gasteiger partial charge in [-0.2, -0.15) is 0 Å². The number of benzene rings is 1. The number of nitrogens with one attached hydrogen (secondary N) is 1. The zero-order valence-electron chi connectivity index (χ0n) is 14.1. The van der Waals surface area contributed by atoms with Crippen molar-refractivity contribution in [1.82, 2.24) is 10.2 Å². The van der Waals surface area contributed by atoms with Crippen LogP contribution in [0.4, 0.5) is 17.6 Å². The number of aliphatic imine (C=N–C) groups is 1. The molecule has 9 heteroatoms. The summed E-state index contributed by atoms with van der Waals surface area (Å²) in [7, 11) is 1.79. The zero-order chi connectivity index (χ0) is 17.7. The minimum atomic E-state index is -1.43. The van der Waals surface area contributed by atoms with Gasteiger partial charge in [0.15, 0.2) is 29.2 Å². The van der Waals surface area contributed by atoms with Gasteiger partial charge in [-0.1, -0.05) is 0 Å². The molecule has 1 N–H and O–H groups in total. The summed E-state index contributed by atoms with van der Waals surface area (Å²) < 4.78 is 59.2. The topological polar surface area (TPSA) is 36.9 Å². The van der Waals surface area contributed by atoms with Gasteiger partial charge in [-0.25, -0.2) is 22.6 Å². The molecule has 0 aromatic heterocycles. The summed E-state index contributed by atoms with van der Waals surface area (Å²) in [5, 5.41) is 3.00. The number of hydrogen-bond donors (Lipinski definition) is 1. The van der Waals surface area contributed by atoms with Gasteiger partial charge in [-0.05, 0) is 13.3 Å². The van der Waals surface area contributed by atoms with Crippen LogP contribution in [0.15, 0.2) is 11.1 Å². The Hall–Kier alpha value is -1.10. The van der Waals surface area contributed by atoms with Crippen molar-refractivity contribution in [3.63, 3.8) is 0 Å². The quantitative estimate of drug-likeness (QED) is 0.234. The number of guanidine groups is 1. The highest BCUT2D eigenvalue weighted by Gasteiger charge is 2.21. The van der Waals surface area contributed by atoms with Crippen molar-refractivity contribution in [2.45, 2.75) is 19.9 Å². The number of nitrogens with zero attached hydrogens (tertiary/aromatic N) is 2. The Bertz CT molecular complexity index is 583. The molecule has 1 unspecified atom stereocenters. The molecule has 25 heavy (non-hydrogen) atoms. The first kappa shape index (κ1) is 21.9. The lowest BCUT2D eigenvalue weighted by Crippen LogP contribution is -2.41. The van der Waals surface area contributed by atoms with E-state index < -0.39 is 35.4 Å². The molecular weight excluding hydrogens is 453 g/mol. The summed E-state index contributed by atoms with van der Waals surface area (Å²) >= 11 is 0. The molecule has 0 saturated carbocycles. The monoisotopic (exact) mass is 475 g/mol. The Morgan fingerprint density at radius 2 is 1.92 bits per heavy atom. The van der Waals surface area contributed by atoms with E-state index >= 15 is 0 Å². The third-order valence-electron chi connectivity index (χ3n) is 3.84.